The van der Waals surface area contributed by atoms with Gasteiger partial charge in [0, 0.05) is 11.9 Å². The molecule has 0 saturated heterocycles. The van der Waals surface area contributed by atoms with E-state index in [-0.39, 0.29) is 6.42 Å². The molecule has 0 aromatic carbocycles. The van der Waals surface area contributed by atoms with Crippen molar-refractivity contribution in [3.05, 3.63) is 18.2 Å². The van der Waals surface area contributed by atoms with Gasteiger partial charge in [-0.3, -0.25) is 0 Å². The van der Waals surface area contributed by atoms with Crippen molar-refractivity contribution in [2.45, 2.75) is 12.5 Å². The lowest BCUT2D eigenvalue weighted by Gasteiger charge is -2.30. The van der Waals surface area contributed by atoms with Crippen molar-refractivity contribution >= 4 is 5.97 Å². The average molecular weight is 201 g/mol. The summed E-state index contributed by atoms with van der Waals surface area (Å²) in [5, 5.41) is 9.17. The number of aliphatic carboxylic acids is 1. The number of carboxylic acid groups (broad SMARTS) is 1. The molecule has 1 aromatic rings. The molecule has 5 heteroatoms. The van der Waals surface area contributed by atoms with Gasteiger partial charge in [-0.1, -0.05) is 0 Å². The molecule has 0 saturated carbocycles. The first-order valence-electron chi connectivity index (χ1n) is 5.70. The fourth-order valence-electron chi connectivity index (χ4n) is 1.20. The maximum atomic E-state index is 11.2. The van der Waals surface area contributed by atoms with Crippen molar-refractivity contribution in [3.63, 3.8) is 0 Å². The Hall–Kier alpha value is -1.36. The Bertz CT molecular complexity index is 387. The van der Waals surface area contributed by atoms with Crippen LogP contribution in [0.2, 0.25) is 0 Å². The molecule has 0 bridgehead atoms. The zero-order valence-electron chi connectivity index (χ0n) is 11.2. The number of aromatic amines is 1. The first kappa shape index (κ1) is 7.00. The van der Waals surface area contributed by atoms with Crippen molar-refractivity contribution in [3.8, 4) is 0 Å². The van der Waals surface area contributed by atoms with Crippen molar-refractivity contribution < 1.29 is 18.5 Å². The summed E-state index contributed by atoms with van der Waals surface area (Å²) >= 11 is 0. The van der Waals surface area contributed by atoms with Gasteiger partial charge in [0.25, 0.3) is 0 Å². The van der Waals surface area contributed by atoms with E-state index in [4.69, 9.17) is 4.11 Å². The van der Waals surface area contributed by atoms with Crippen LogP contribution in [-0.2, 0) is 11.2 Å². The fraction of sp³-hybridized carbons (Fsp3) is 0.556. The first-order valence-corrected chi connectivity index (χ1v) is 4.20. The smallest absolute Gasteiger partial charge is 0.362 e. The highest BCUT2D eigenvalue weighted by molar-refractivity contribution is 5.72. The van der Waals surface area contributed by atoms with Gasteiger partial charge in [0.1, 0.15) is 0 Å². The molecule has 5 nitrogen and oxygen atoms in total. The standard InChI is InChI=1S/C9H15N3O2/c1-12(2,3)8(9(13)14)4-7-5-10-6-11-7/h5-6,8H,4H2,1-3H3,(H-,10,11,13,14)/p+1/t8-/m0/s1/i1D3. The lowest BCUT2D eigenvalue weighted by Crippen LogP contribution is -2.51. The number of aromatic nitrogens is 2. The number of H-pyrrole nitrogens is 1. The highest BCUT2D eigenvalue weighted by Gasteiger charge is 2.31. The van der Waals surface area contributed by atoms with Crippen LogP contribution in [0, 0.1) is 0 Å². The molecule has 0 spiro atoms. The number of quaternary nitrogens is 1. The van der Waals surface area contributed by atoms with Gasteiger partial charge in [0.2, 0.25) is 0 Å². The second kappa shape index (κ2) is 3.79. The fourth-order valence-corrected chi connectivity index (χ4v) is 1.20. The molecule has 1 heterocycles. The number of rotatable bonds is 4. The van der Waals surface area contributed by atoms with E-state index < -0.39 is 23.5 Å². The van der Waals surface area contributed by atoms with E-state index in [1.165, 1.54) is 26.6 Å². The number of nitrogens with zero attached hydrogens (tertiary/aromatic N) is 2. The summed E-state index contributed by atoms with van der Waals surface area (Å²) in [6.07, 6.45) is 3.03. The van der Waals surface area contributed by atoms with Crippen LogP contribution in [0.5, 0.6) is 0 Å². The summed E-state index contributed by atoms with van der Waals surface area (Å²) in [6.45, 7) is -2.39. The Labute approximate surface area is 87.2 Å². The predicted molar refractivity (Wildman–Crippen MR) is 51.7 cm³/mol. The van der Waals surface area contributed by atoms with Gasteiger partial charge in [-0.15, -0.1) is 0 Å². The molecular weight excluding hydrogens is 182 g/mol. The number of hydrogen-bond acceptors (Lipinski definition) is 2. The Kier molecular flexibility index (Phi) is 1.90. The molecule has 0 unspecified atom stereocenters. The highest BCUT2D eigenvalue weighted by atomic mass is 16.4. The minimum Gasteiger partial charge on any atom is -0.477 e. The second-order valence-corrected chi connectivity index (χ2v) is 3.67. The zero-order valence-corrected chi connectivity index (χ0v) is 8.19. The van der Waals surface area contributed by atoms with Gasteiger partial charge in [-0.05, 0) is 0 Å². The number of nitrogens with one attached hydrogen (secondary N) is 1. The van der Waals surface area contributed by atoms with Crippen LogP contribution in [0.25, 0.3) is 0 Å². The first-order chi connectivity index (χ1) is 7.66. The van der Waals surface area contributed by atoms with Gasteiger partial charge in [0.05, 0.1) is 37.9 Å². The molecule has 0 aliphatic heterocycles. The number of carbonyl (C=O) groups is 1. The lowest BCUT2D eigenvalue weighted by molar-refractivity contribution is -0.887. The van der Waals surface area contributed by atoms with Crippen LogP contribution >= 0.6 is 0 Å². The third-order valence-corrected chi connectivity index (χ3v) is 2.03. The third-order valence-electron chi connectivity index (χ3n) is 2.03. The van der Waals surface area contributed by atoms with E-state index >= 15 is 0 Å². The van der Waals surface area contributed by atoms with Crippen molar-refractivity contribution in [1.29, 1.82) is 0 Å². The predicted octanol–water partition coefficient (Wildman–Crippen LogP) is 0.112. The Balaban J connectivity index is 2.98. The second-order valence-electron chi connectivity index (χ2n) is 3.67. The number of likely N-dealkylation sites (N-methyl/N-ethyl adjacent to an activating group) is 1. The summed E-state index contributed by atoms with van der Waals surface area (Å²) in [5.74, 6) is -1.14. The van der Waals surface area contributed by atoms with Crippen molar-refractivity contribution in [2.24, 2.45) is 0 Å². The van der Waals surface area contributed by atoms with E-state index in [0.717, 1.165) is 0 Å². The summed E-state index contributed by atoms with van der Waals surface area (Å²) in [4.78, 5) is 17.8. The normalized spacial score (nSPS) is 18.0. The Morgan fingerprint density at radius 2 is 2.57 bits per heavy atom. The number of imidazole rings is 1. The molecule has 0 aliphatic rings. The molecular formula is C9H16N3O2+. The van der Waals surface area contributed by atoms with Gasteiger partial charge >= 0.3 is 5.97 Å². The maximum Gasteiger partial charge on any atom is 0.362 e. The Morgan fingerprint density at radius 3 is 3.00 bits per heavy atom. The number of carboxylic acids is 1. The summed E-state index contributed by atoms with van der Waals surface area (Å²) in [7, 11) is 2.78. The van der Waals surface area contributed by atoms with Crippen molar-refractivity contribution in [1.82, 2.24) is 9.97 Å². The number of hydrogen-bond donors (Lipinski definition) is 2. The topological polar surface area (TPSA) is 66.0 Å². The third kappa shape index (κ3) is 2.56. The molecule has 0 aliphatic carbocycles. The maximum absolute atomic E-state index is 11.2. The van der Waals surface area contributed by atoms with Gasteiger partial charge < -0.3 is 14.6 Å². The van der Waals surface area contributed by atoms with Crippen LogP contribution in [-0.4, -0.2) is 52.6 Å². The quantitative estimate of drug-likeness (QED) is 0.680. The molecule has 0 fully saturated rings. The zero-order chi connectivity index (χ0) is 13.3. The molecule has 1 aromatic heterocycles. The molecule has 14 heavy (non-hydrogen) atoms. The molecule has 2 N–H and O–H groups in total. The van der Waals surface area contributed by atoms with E-state index in [0.29, 0.717) is 5.69 Å². The van der Waals surface area contributed by atoms with Crippen LogP contribution < -0.4 is 0 Å². The van der Waals surface area contributed by atoms with E-state index in [1.807, 2.05) is 0 Å². The lowest BCUT2D eigenvalue weighted by atomic mass is 10.1. The van der Waals surface area contributed by atoms with Crippen LogP contribution in [0.15, 0.2) is 12.5 Å². The summed E-state index contributed by atoms with van der Waals surface area (Å²) < 4.78 is 21.6. The minimum absolute atomic E-state index is 0.0979. The largest absolute Gasteiger partial charge is 0.477 e. The monoisotopic (exact) mass is 201 g/mol. The van der Waals surface area contributed by atoms with Crippen LogP contribution in [0.1, 0.15) is 9.81 Å². The highest BCUT2D eigenvalue weighted by Crippen LogP contribution is 2.09. The van der Waals surface area contributed by atoms with E-state index in [2.05, 4.69) is 9.97 Å². The molecule has 0 radical (unpaired) electrons. The van der Waals surface area contributed by atoms with Gasteiger partial charge in [-0.2, -0.15) is 0 Å². The van der Waals surface area contributed by atoms with Crippen molar-refractivity contribution in [2.75, 3.05) is 21.1 Å². The Morgan fingerprint density at radius 1 is 1.86 bits per heavy atom. The van der Waals surface area contributed by atoms with E-state index in [9.17, 15) is 9.90 Å². The summed E-state index contributed by atoms with van der Waals surface area (Å²) in [5.41, 5.74) is 0.604. The van der Waals surface area contributed by atoms with E-state index in [1.54, 1.807) is 0 Å². The minimum atomic E-state index is -2.39. The van der Waals surface area contributed by atoms with Crippen LogP contribution in [0.3, 0.4) is 0 Å². The molecule has 0 amide bonds. The van der Waals surface area contributed by atoms with Gasteiger partial charge in [0.15, 0.2) is 6.04 Å². The SMILES string of the molecule is [2H]C([2H])([2H])[N+](C)(C)[C@@H](Cc1cnc[nH]1)C(=O)O. The van der Waals surface area contributed by atoms with Gasteiger partial charge in [-0.25, -0.2) is 9.78 Å². The molecule has 1 rings (SSSR count). The summed E-state index contributed by atoms with van der Waals surface area (Å²) in [6, 6.07) is -1.05. The van der Waals surface area contributed by atoms with Crippen LogP contribution in [0.4, 0.5) is 0 Å². The molecule has 1 atom stereocenters. The average Bonchev–Trinajstić information content (AvgIpc) is 2.63. The molecule has 78 valence electrons.